The van der Waals surface area contributed by atoms with Crippen molar-refractivity contribution in [3.8, 4) is 0 Å². The van der Waals surface area contributed by atoms with Crippen molar-refractivity contribution < 1.29 is 19.5 Å². The molecule has 0 bridgehead atoms. The molecule has 1 rings (SSSR count). The van der Waals surface area contributed by atoms with Crippen LogP contribution in [0.4, 0.5) is 4.79 Å². The molecule has 20 heavy (non-hydrogen) atoms. The van der Waals surface area contributed by atoms with Crippen LogP contribution in [-0.2, 0) is 11.3 Å². The van der Waals surface area contributed by atoms with E-state index in [0.717, 1.165) is 11.3 Å². The molecular formula is C11H16N4O4S. The SMILES string of the molecule is CCNC(=O)C(C)NC(=O)NCc1nc(C(=O)O)cs1. The van der Waals surface area contributed by atoms with Gasteiger partial charge in [-0.2, -0.15) is 0 Å². The van der Waals surface area contributed by atoms with Crippen LogP contribution in [0.15, 0.2) is 5.38 Å². The number of aromatic nitrogens is 1. The number of carbonyl (C=O) groups excluding carboxylic acids is 2. The quantitative estimate of drug-likeness (QED) is 0.596. The molecule has 9 heteroatoms. The maximum Gasteiger partial charge on any atom is 0.355 e. The van der Waals surface area contributed by atoms with Gasteiger partial charge in [0.05, 0.1) is 6.54 Å². The van der Waals surface area contributed by atoms with Crippen LogP contribution >= 0.6 is 11.3 Å². The Hall–Kier alpha value is -2.16. The third-order valence-electron chi connectivity index (χ3n) is 2.26. The Morgan fingerprint density at radius 2 is 2.10 bits per heavy atom. The lowest BCUT2D eigenvalue weighted by Gasteiger charge is -2.13. The van der Waals surface area contributed by atoms with E-state index in [1.807, 2.05) is 0 Å². The van der Waals surface area contributed by atoms with Gasteiger partial charge in [0.25, 0.3) is 0 Å². The van der Waals surface area contributed by atoms with Crippen LogP contribution in [0.5, 0.6) is 0 Å². The molecule has 8 nitrogen and oxygen atoms in total. The summed E-state index contributed by atoms with van der Waals surface area (Å²) in [6, 6.07) is -1.17. The Bertz CT molecular complexity index is 502. The van der Waals surface area contributed by atoms with Gasteiger partial charge in [-0.25, -0.2) is 14.6 Å². The number of thiazole rings is 1. The molecule has 1 aromatic heterocycles. The first-order valence-electron chi connectivity index (χ1n) is 5.93. The molecule has 0 aliphatic carbocycles. The molecule has 0 saturated heterocycles. The Balaban J connectivity index is 2.39. The summed E-state index contributed by atoms with van der Waals surface area (Å²) in [4.78, 5) is 37.4. The summed E-state index contributed by atoms with van der Waals surface area (Å²) in [5.41, 5.74) is -0.0529. The highest BCUT2D eigenvalue weighted by molar-refractivity contribution is 7.09. The van der Waals surface area contributed by atoms with E-state index >= 15 is 0 Å². The van der Waals surface area contributed by atoms with Gasteiger partial charge in [0.1, 0.15) is 11.0 Å². The molecule has 0 fully saturated rings. The van der Waals surface area contributed by atoms with Gasteiger partial charge in [-0.05, 0) is 13.8 Å². The third-order valence-corrected chi connectivity index (χ3v) is 3.11. The van der Waals surface area contributed by atoms with Crippen LogP contribution in [0.1, 0.15) is 29.3 Å². The highest BCUT2D eigenvalue weighted by atomic mass is 32.1. The molecule has 0 aliphatic rings. The normalized spacial score (nSPS) is 11.5. The molecule has 1 atom stereocenters. The van der Waals surface area contributed by atoms with E-state index in [-0.39, 0.29) is 18.1 Å². The Morgan fingerprint density at radius 3 is 2.65 bits per heavy atom. The predicted molar refractivity (Wildman–Crippen MR) is 72.6 cm³/mol. The van der Waals surface area contributed by atoms with E-state index in [1.54, 1.807) is 13.8 Å². The fraction of sp³-hybridized carbons (Fsp3) is 0.455. The number of nitrogens with one attached hydrogen (secondary N) is 3. The lowest BCUT2D eigenvalue weighted by Crippen LogP contribution is -2.48. The number of carboxylic acids is 1. The average molecular weight is 300 g/mol. The second kappa shape index (κ2) is 7.43. The number of urea groups is 1. The standard InChI is InChI=1S/C11H16N4O4S/c1-3-12-9(16)6(2)14-11(19)13-4-8-15-7(5-20-8)10(17)18/h5-6H,3-4H2,1-2H3,(H,12,16)(H,17,18)(H2,13,14,19). The van der Waals surface area contributed by atoms with E-state index in [1.165, 1.54) is 5.38 Å². The smallest absolute Gasteiger partial charge is 0.355 e. The van der Waals surface area contributed by atoms with E-state index in [4.69, 9.17) is 5.11 Å². The van der Waals surface area contributed by atoms with Crippen LogP contribution in [0, 0.1) is 0 Å². The molecule has 1 aromatic rings. The van der Waals surface area contributed by atoms with E-state index in [0.29, 0.717) is 11.6 Å². The first-order valence-corrected chi connectivity index (χ1v) is 6.81. The van der Waals surface area contributed by atoms with Crippen LogP contribution in [-0.4, -0.2) is 40.6 Å². The Morgan fingerprint density at radius 1 is 1.40 bits per heavy atom. The van der Waals surface area contributed by atoms with Gasteiger partial charge in [-0.1, -0.05) is 0 Å². The van der Waals surface area contributed by atoms with Crippen LogP contribution in [0.2, 0.25) is 0 Å². The number of amides is 3. The number of carbonyl (C=O) groups is 3. The topological polar surface area (TPSA) is 120 Å². The van der Waals surface area contributed by atoms with Gasteiger partial charge >= 0.3 is 12.0 Å². The monoisotopic (exact) mass is 300 g/mol. The summed E-state index contributed by atoms with van der Waals surface area (Å²) >= 11 is 1.14. The Kier molecular flexibility index (Phi) is 5.91. The summed E-state index contributed by atoms with van der Waals surface area (Å²) in [7, 11) is 0. The van der Waals surface area contributed by atoms with Crippen molar-refractivity contribution in [1.82, 2.24) is 20.9 Å². The zero-order valence-corrected chi connectivity index (χ0v) is 11.9. The van der Waals surface area contributed by atoms with Gasteiger partial charge < -0.3 is 21.1 Å². The number of nitrogens with zero attached hydrogens (tertiary/aromatic N) is 1. The van der Waals surface area contributed by atoms with E-state index < -0.39 is 18.0 Å². The molecule has 0 saturated carbocycles. The molecule has 1 unspecified atom stereocenters. The molecule has 0 spiro atoms. The van der Waals surface area contributed by atoms with E-state index in [2.05, 4.69) is 20.9 Å². The molecule has 4 N–H and O–H groups in total. The number of hydrogen-bond acceptors (Lipinski definition) is 5. The Labute approximate surface area is 119 Å². The average Bonchev–Trinajstić information content (AvgIpc) is 2.85. The zero-order valence-electron chi connectivity index (χ0n) is 11.1. The van der Waals surface area contributed by atoms with Gasteiger partial charge in [-0.15, -0.1) is 11.3 Å². The molecular weight excluding hydrogens is 284 g/mol. The maximum absolute atomic E-state index is 11.5. The number of aromatic carboxylic acids is 1. The summed E-state index contributed by atoms with van der Waals surface area (Å²) in [5, 5.41) is 18.1. The van der Waals surface area contributed by atoms with Gasteiger partial charge in [-0.3, -0.25) is 4.79 Å². The second-order valence-corrected chi connectivity index (χ2v) is 4.82. The third kappa shape index (κ3) is 4.84. The molecule has 110 valence electrons. The summed E-state index contributed by atoms with van der Waals surface area (Å²) in [5.74, 6) is -1.38. The lowest BCUT2D eigenvalue weighted by molar-refractivity contribution is -0.122. The first-order chi connectivity index (χ1) is 9.43. The van der Waals surface area contributed by atoms with Gasteiger partial charge in [0, 0.05) is 11.9 Å². The fourth-order valence-electron chi connectivity index (χ4n) is 1.29. The number of carboxylic acid groups (broad SMARTS) is 1. The predicted octanol–water partition coefficient (Wildman–Crippen LogP) is 0.165. The van der Waals surface area contributed by atoms with Crippen molar-refractivity contribution in [2.45, 2.75) is 26.4 Å². The summed E-state index contributed by atoms with van der Waals surface area (Å²) < 4.78 is 0. The van der Waals surface area contributed by atoms with Crippen molar-refractivity contribution >= 4 is 29.2 Å². The second-order valence-electron chi connectivity index (χ2n) is 3.87. The minimum Gasteiger partial charge on any atom is -0.476 e. The fourth-order valence-corrected chi connectivity index (χ4v) is 1.99. The summed E-state index contributed by atoms with van der Waals surface area (Å²) in [6.07, 6.45) is 0. The van der Waals surface area contributed by atoms with Crippen molar-refractivity contribution in [3.63, 3.8) is 0 Å². The largest absolute Gasteiger partial charge is 0.476 e. The van der Waals surface area contributed by atoms with Gasteiger partial charge in [0.15, 0.2) is 5.69 Å². The highest BCUT2D eigenvalue weighted by Crippen LogP contribution is 2.09. The van der Waals surface area contributed by atoms with Gasteiger partial charge in [0.2, 0.25) is 5.91 Å². The zero-order chi connectivity index (χ0) is 15.1. The van der Waals surface area contributed by atoms with Crippen molar-refractivity contribution in [2.75, 3.05) is 6.54 Å². The molecule has 1 heterocycles. The lowest BCUT2D eigenvalue weighted by atomic mass is 10.3. The van der Waals surface area contributed by atoms with Crippen molar-refractivity contribution in [2.24, 2.45) is 0 Å². The molecule has 0 radical (unpaired) electrons. The molecule has 0 aliphatic heterocycles. The van der Waals surface area contributed by atoms with E-state index in [9.17, 15) is 14.4 Å². The number of likely N-dealkylation sites (N-methyl/N-ethyl adjacent to an activating group) is 1. The summed E-state index contributed by atoms with van der Waals surface area (Å²) in [6.45, 7) is 3.94. The van der Waals surface area contributed by atoms with Crippen molar-refractivity contribution in [3.05, 3.63) is 16.1 Å². The highest BCUT2D eigenvalue weighted by Gasteiger charge is 2.15. The minimum absolute atomic E-state index is 0.0529. The van der Waals surface area contributed by atoms with Crippen LogP contribution in [0.25, 0.3) is 0 Å². The van der Waals surface area contributed by atoms with Crippen LogP contribution in [0.3, 0.4) is 0 Å². The van der Waals surface area contributed by atoms with Crippen molar-refractivity contribution in [1.29, 1.82) is 0 Å². The van der Waals surface area contributed by atoms with Crippen LogP contribution < -0.4 is 16.0 Å². The maximum atomic E-state index is 11.5. The molecule has 0 aromatic carbocycles. The minimum atomic E-state index is -1.11. The first kappa shape index (κ1) is 15.9. The molecule has 3 amide bonds. The number of rotatable bonds is 6. The number of hydrogen-bond donors (Lipinski definition) is 4.